The average Bonchev–Trinajstić information content (AvgIpc) is 2.70. The molecule has 1 aliphatic rings. The molecule has 10 nitrogen and oxygen atoms in total. The van der Waals surface area contributed by atoms with E-state index < -0.39 is 58.8 Å². The molecule has 0 saturated carbocycles. The Kier molecular flexibility index (Phi) is 9.21. The summed E-state index contributed by atoms with van der Waals surface area (Å²) in [5.41, 5.74) is -0.784. The van der Waals surface area contributed by atoms with Crippen LogP contribution in [0.1, 0.15) is 38.1 Å². The van der Waals surface area contributed by atoms with E-state index in [-0.39, 0.29) is 6.61 Å². The fourth-order valence-corrected chi connectivity index (χ4v) is 4.06. The van der Waals surface area contributed by atoms with Crippen LogP contribution >= 0.6 is 11.8 Å². The van der Waals surface area contributed by atoms with Crippen LogP contribution in [-0.2, 0) is 42.9 Å². The summed E-state index contributed by atoms with van der Waals surface area (Å²) >= 11 is 0.703. The predicted molar refractivity (Wildman–Crippen MR) is 110 cm³/mol. The molecule has 1 aliphatic heterocycles. The highest BCUT2D eigenvalue weighted by atomic mass is 32.2. The van der Waals surface area contributed by atoms with Gasteiger partial charge in [-0.15, -0.1) is 0 Å². The number of hydrogen-bond acceptors (Lipinski definition) is 11. The first-order chi connectivity index (χ1) is 15.1. The van der Waals surface area contributed by atoms with Crippen LogP contribution < -0.4 is 0 Å². The van der Waals surface area contributed by atoms with Crippen LogP contribution in [0.2, 0.25) is 0 Å². The Morgan fingerprint density at radius 1 is 0.781 bits per heavy atom. The minimum absolute atomic E-state index is 0.353. The molecule has 0 radical (unpaired) electrons. The van der Waals surface area contributed by atoms with Gasteiger partial charge in [0, 0.05) is 33.3 Å². The molecule has 0 aliphatic carbocycles. The van der Waals surface area contributed by atoms with E-state index in [1.807, 2.05) is 0 Å². The van der Waals surface area contributed by atoms with Gasteiger partial charge in [0.1, 0.15) is 12.7 Å². The smallest absolute Gasteiger partial charge is 0.303 e. The summed E-state index contributed by atoms with van der Waals surface area (Å²) in [6.07, 6.45) is -4.95. The highest BCUT2D eigenvalue weighted by molar-refractivity contribution is 8.14. The monoisotopic (exact) mass is 468 g/mol. The predicted octanol–water partition coefficient (Wildman–Crippen LogP) is 1.64. The van der Waals surface area contributed by atoms with Crippen molar-refractivity contribution in [2.75, 3.05) is 6.61 Å². The molecule has 1 aromatic rings. The molecule has 32 heavy (non-hydrogen) atoms. The summed E-state index contributed by atoms with van der Waals surface area (Å²) in [7, 11) is 0. The number of rotatable bonds is 7. The lowest BCUT2D eigenvalue weighted by atomic mass is 9.99. The van der Waals surface area contributed by atoms with Gasteiger partial charge in [-0.05, 0) is 11.8 Å². The molecule has 5 atom stereocenters. The summed E-state index contributed by atoms with van der Waals surface area (Å²) in [6, 6.07) is 8.30. The second kappa shape index (κ2) is 11.6. The molecule has 0 amide bonds. The Labute approximate surface area is 188 Å². The number of hydrogen-bond donors (Lipinski definition) is 0. The van der Waals surface area contributed by atoms with Crippen molar-refractivity contribution in [2.45, 2.75) is 57.5 Å². The summed E-state index contributed by atoms with van der Waals surface area (Å²) in [6.45, 7) is 4.23. The largest absolute Gasteiger partial charge is 0.463 e. The van der Waals surface area contributed by atoms with Gasteiger partial charge in [0.05, 0.1) is 0 Å². The third kappa shape index (κ3) is 7.34. The van der Waals surface area contributed by atoms with E-state index in [0.29, 0.717) is 17.3 Å². The van der Waals surface area contributed by atoms with Gasteiger partial charge in [-0.2, -0.15) is 0 Å². The van der Waals surface area contributed by atoms with Crippen molar-refractivity contribution in [2.24, 2.45) is 0 Å². The quantitative estimate of drug-likeness (QED) is 0.427. The maximum Gasteiger partial charge on any atom is 0.303 e. The molecule has 2 rings (SSSR count). The van der Waals surface area contributed by atoms with E-state index in [4.69, 9.17) is 23.7 Å². The molecular weight excluding hydrogens is 444 g/mol. The summed E-state index contributed by atoms with van der Waals surface area (Å²) in [5, 5.41) is -0.397. The van der Waals surface area contributed by atoms with E-state index in [1.165, 1.54) is 6.92 Å². The second-order valence-corrected chi connectivity index (χ2v) is 7.91. The van der Waals surface area contributed by atoms with E-state index in [2.05, 4.69) is 0 Å². The fourth-order valence-electron chi connectivity index (χ4n) is 3.03. The zero-order chi connectivity index (χ0) is 23.8. The summed E-state index contributed by atoms with van der Waals surface area (Å²) < 4.78 is 26.8. The van der Waals surface area contributed by atoms with Crippen LogP contribution in [0.25, 0.3) is 0 Å². The fraction of sp³-hybridized carbons (Fsp3) is 0.476. The highest BCUT2D eigenvalue weighted by Crippen LogP contribution is 2.35. The van der Waals surface area contributed by atoms with Crippen LogP contribution in [-0.4, -0.2) is 65.5 Å². The number of carbonyl (C=O) groups is 5. The van der Waals surface area contributed by atoms with Crippen molar-refractivity contribution >= 4 is 40.8 Å². The summed E-state index contributed by atoms with van der Waals surface area (Å²) in [4.78, 5) is 59.4. The van der Waals surface area contributed by atoms with Crippen molar-refractivity contribution in [3.05, 3.63) is 35.9 Å². The Morgan fingerprint density at radius 3 is 1.84 bits per heavy atom. The number of benzene rings is 1. The third-order valence-electron chi connectivity index (χ3n) is 4.18. The number of carbonyl (C=O) groups excluding carboxylic acids is 5. The first-order valence-corrected chi connectivity index (χ1v) is 10.5. The van der Waals surface area contributed by atoms with Crippen LogP contribution in [0, 0.1) is 0 Å². The lowest BCUT2D eigenvalue weighted by Gasteiger charge is -2.43. The molecule has 1 heterocycles. The third-order valence-corrected chi connectivity index (χ3v) is 5.24. The molecular formula is C21H24O10S. The minimum Gasteiger partial charge on any atom is -0.463 e. The van der Waals surface area contributed by atoms with Crippen molar-refractivity contribution < 1.29 is 47.7 Å². The van der Waals surface area contributed by atoms with Crippen LogP contribution in [0.15, 0.2) is 30.3 Å². The van der Waals surface area contributed by atoms with Crippen molar-refractivity contribution in [1.82, 2.24) is 0 Å². The molecule has 1 saturated heterocycles. The SMILES string of the molecule is CC(=O)OC[C@H]1O[C@@H](SC(=O)c2ccccc2)[C@@H](OC(C)=O)[C@@H](OC(C)=O)[C@H]1OC(C)=O. The van der Waals surface area contributed by atoms with Crippen LogP contribution in [0.4, 0.5) is 0 Å². The van der Waals surface area contributed by atoms with Gasteiger partial charge in [0.15, 0.2) is 23.7 Å². The van der Waals surface area contributed by atoms with Gasteiger partial charge < -0.3 is 23.7 Å². The Hall–Kier alpha value is -2.92. The topological polar surface area (TPSA) is 132 Å². The minimum atomic E-state index is -1.31. The lowest BCUT2D eigenvalue weighted by molar-refractivity contribution is -0.237. The molecule has 0 spiro atoms. The molecule has 0 bridgehead atoms. The standard InChI is InChI=1S/C21H24O10S/c1-11(22)27-10-16-17(28-12(2)23)18(29-13(3)24)19(30-14(4)25)21(31-16)32-20(26)15-8-6-5-7-9-15/h5-9,16-19,21H,10H2,1-4H3/t16-,17+,18+,19+,21+/m1/s1. The molecule has 1 aromatic carbocycles. The van der Waals surface area contributed by atoms with Gasteiger partial charge >= 0.3 is 23.9 Å². The first kappa shape index (κ1) is 25.3. The highest BCUT2D eigenvalue weighted by Gasteiger charge is 2.53. The molecule has 0 unspecified atom stereocenters. The van der Waals surface area contributed by atoms with Crippen LogP contribution in [0.5, 0.6) is 0 Å². The van der Waals surface area contributed by atoms with E-state index in [0.717, 1.165) is 20.8 Å². The zero-order valence-corrected chi connectivity index (χ0v) is 18.8. The van der Waals surface area contributed by atoms with E-state index in [9.17, 15) is 24.0 Å². The van der Waals surface area contributed by atoms with Crippen molar-refractivity contribution in [1.29, 1.82) is 0 Å². The molecule has 0 aromatic heterocycles. The summed E-state index contributed by atoms with van der Waals surface area (Å²) in [5.74, 6) is -2.81. The Bertz CT molecular complexity index is 855. The lowest BCUT2D eigenvalue weighted by Crippen LogP contribution is -2.61. The van der Waals surface area contributed by atoms with E-state index in [1.54, 1.807) is 30.3 Å². The van der Waals surface area contributed by atoms with Crippen LogP contribution in [0.3, 0.4) is 0 Å². The first-order valence-electron chi connectivity index (χ1n) is 9.65. The van der Waals surface area contributed by atoms with Gasteiger partial charge in [-0.3, -0.25) is 24.0 Å². The van der Waals surface area contributed by atoms with E-state index >= 15 is 0 Å². The Balaban J connectivity index is 2.42. The number of thioether (sulfide) groups is 1. The van der Waals surface area contributed by atoms with Crippen molar-refractivity contribution in [3.8, 4) is 0 Å². The second-order valence-electron chi connectivity index (χ2n) is 6.84. The molecule has 11 heteroatoms. The van der Waals surface area contributed by atoms with Gasteiger partial charge in [-0.25, -0.2) is 0 Å². The number of ether oxygens (including phenoxy) is 5. The van der Waals surface area contributed by atoms with Gasteiger partial charge in [0.2, 0.25) is 5.12 Å². The zero-order valence-electron chi connectivity index (χ0n) is 18.0. The number of esters is 4. The average molecular weight is 468 g/mol. The molecule has 174 valence electrons. The molecule has 1 fully saturated rings. The maximum absolute atomic E-state index is 12.8. The Morgan fingerprint density at radius 2 is 1.31 bits per heavy atom. The normalized spacial score (nSPS) is 24.7. The maximum atomic E-state index is 12.8. The van der Waals surface area contributed by atoms with Gasteiger partial charge in [0.25, 0.3) is 0 Å². The van der Waals surface area contributed by atoms with Gasteiger partial charge in [-0.1, -0.05) is 30.3 Å². The van der Waals surface area contributed by atoms with Crippen molar-refractivity contribution in [3.63, 3.8) is 0 Å². The molecule has 0 N–H and O–H groups in total.